The van der Waals surface area contributed by atoms with E-state index in [2.05, 4.69) is 32.7 Å². The van der Waals surface area contributed by atoms with Crippen molar-refractivity contribution in [3.8, 4) is 0 Å². The Balaban J connectivity index is 1.43. The maximum absolute atomic E-state index is 13.1. The number of hydrogen-bond acceptors (Lipinski definition) is 7. The van der Waals surface area contributed by atoms with E-state index in [4.69, 9.17) is 4.74 Å². The molecule has 1 aromatic heterocycles. The maximum Gasteiger partial charge on any atom is 0.321 e. The summed E-state index contributed by atoms with van der Waals surface area (Å²) >= 11 is 0. The fourth-order valence-corrected chi connectivity index (χ4v) is 5.23. The number of aryl methyl sites for hydroxylation is 1. The molecule has 39 heavy (non-hydrogen) atoms. The summed E-state index contributed by atoms with van der Waals surface area (Å²) in [6.45, 7) is 7.52. The molecule has 4 rings (SSSR count). The zero-order valence-corrected chi connectivity index (χ0v) is 23.5. The third-order valence-electron chi connectivity index (χ3n) is 7.78. The van der Waals surface area contributed by atoms with E-state index in [9.17, 15) is 14.7 Å². The van der Waals surface area contributed by atoms with Gasteiger partial charge in [-0.15, -0.1) is 5.10 Å². The zero-order chi connectivity index (χ0) is 27.8. The minimum absolute atomic E-state index is 0.0107. The maximum atomic E-state index is 13.1. The van der Waals surface area contributed by atoms with Crippen LogP contribution in [-0.2, 0) is 22.7 Å². The van der Waals surface area contributed by atoms with Crippen molar-refractivity contribution >= 4 is 23.3 Å². The van der Waals surface area contributed by atoms with Gasteiger partial charge in [0.2, 0.25) is 5.91 Å². The summed E-state index contributed by atoms with van der Waals surface area (Å²) in [6.07, 6.45) is 6.04. The quantitative estimate of drug-likeness (QED) is 0.578. The number of aromatic nitrogens is 3. The molecule has 0 saturated carbocycles. The Morgan fingerprint density at radius 2 is 1.92 bits per heavy atom. The molecule has 2 aliphatic heterocycles. The topological polar surface area (TPSA) is 116 Å². The molecule has 3 atom stereocenters. The summed E-state index contributed by atoms with van der Waals surface area (Å²) in [4.78, 5) is 31.9. The number of anilines is 2. The minimum atomic E-state index is -0.355. The van der Waals surface area contributed by atoms with Crippen LogP contribution in [-0.4, -0.2) is 93.8 Å². The van der Waals surface area contributed by atoms with Crippen molar-refractivity contribution in [1.29, 1.82) is 0 Å². The molecule has 2 aliphatic rings. The molecule has 0 spiro atoms. The van der Waals surface area contributed by atoms with E-state index in [1.807, 2.05) is 26.0 Å². The molecule has 2 N–H and O–H groups in total. The summed E-state index contributed by atoms with van der Waals surface area (Å²) < 4.78 is 8.10. The number of amides is 3. The highest BCUT2D eigenvalue weighted by molar-refractivity contribution is 5.89. The summed E-state index contributed by atoms with van der Waals surface area (Å²) in [6, 6.07) is 7.47. The van der Waals surface area contributed by atoms with Crippen molar-refractivity contribution in [3.63, 3.8) is 0 Å². The third kappa shape index (κ3) is 7.69. The lowest BCUT2D eigenvalue weighted by atomic mass is 10.0. The van der Waals surface area contributed by atoms with Crippen LogP contribution in [0.2, 0.25) is 0 Å². The molecular formula is C28H43N7O4. The van der Waals surface area contributed by atoms with Crippen LogP contribution < -0.4 is 10.2 Å². The van der Waals surface area contributed by atoms with Gasteiger partial charge in [0, 0.05) is 63.5 Å². The minimum Gasteiger partial charge on any atom is -0.394 e. The van der Waals surface area contributed by atoms with Crippen molar-refractivity contribution in [2.75, 3.05) is 50.1 Å². The van der Waals surface area contributed by atoms with Gasteiger partial charge in [0.05, 0.1) is 37.3 Å². The van der Waals surface area contributed by atoms with Crippen LogP contribution in [0.25, 0.3) is 0 Å². The lowest BCUT2D eigenvalue weighted by Gasteiger charge is -2.35. The lowest BCUT2D eigenvalue weighted by Crippen LogP contribution is -2.48. The summed E-state index contributed by atoms with van der Waals surface area (Å²) in [7, 11) is 1.74. The number of rotatable bonds is 6. The molecule has 11 nitrogen and oxygen atoms in total. The molecule has 0 bridgehead atoms. The fraction of sp³-hybridized carbons (Fsp3) is 0.643. The molecule has 0 radical (unpaired) electrons. The first kappa shape index (κ1) is 28.8. The van der Waals surface area contributed by atoms with Gasteiger partial charge in [-0.2, -0.15) is 0 Å². The van der Waals surface area contributed by atoms with Crippen molar-refractivity contribution in [2.45, 2.75) is 71.2 Å². The molecule has 1 saturated heterocycles. The lowest BCUT2D eigenvalue weighted by molar-refractivity contribution is -0.136. The zero-order valence-electron chi connectivity index (χ0n) is 23.5. The van der Waals surface area contributed by atoms with Gasteiger partial charge in [-0.3, -0.25) is 4.79 Å². The Morgan fingerprint density at radius 3 is 2.64 bits per heavy atom. The number of likely N-dealkylation sites (N-methyl/N-ethyl adjacent to an activating group) is 1. The number of hydrogen-bond donors (Lipinski definition) is 2. The summed E-state index contributed by atoms with van der Waals surface area (Å²) in [5, 5.41) is 20.9. The highest BCUT2D eigenvalue weighted by Crippen LogP contribution is 2.23. The monoisotopic (exact) mass is 541 g/mol. The van der Waals surface area contributed by atoms with Gasteiger partial charge in [-0.25, -0.2) is 9.48 Å². The summed E-state index contributed by atoms with van der Waals surface area (Å²) in [5.74, 6) is -0.103. The second kappa shape index (κ2) is 13.7. The van der Waals surface area contributed by atoms with Gasteiger partial charge in [0.25, 0.3) is 0 Å². The molecule has 1 fully saturated rings. The first-order valence-corrected chi connectivity index (χ1v) is 14.1. The Bertz CT molecular complexity index is 1070. The summed E-state index contributed by atoms with van der Waals surface area (Å²) in [5.41, 5.74) is 2.76. The molecule has 2 aromatic rings. The number of benzene rings is 1. The van der Waals surface area contributed by atoms with Crippen molar-refractivity contribution in [3.05, 3.63) is 36.2 Å². The van der Waals surface area contributed by atoms with Crippen LogP contribution in [0.5, 0.6) is 0 Å². The molecule has 0 aliphatic carbocycles. The van der Waals surface area contributed by atoms with Crippen LogP contribution in [0, 0.1) is 5.92 Å². The second-order valence-electron chi connectivity index (χ2n) is 10.9. The number of ether oxygens (including phenoxy) is 1. The van der Waals surface area contributed by atoms with Crippen molar-refractivity contribution in [2.24, 2.45) is 5.92 Å². The number of aliphatic hydroxyl groups excluding tert-OH is 1. The SMILES string of the molecule is C[C@@H]1CN([C@@H](C)CO)C(=O)CCCn2nncc2CO[C@@H]1CN(C)C(=O)Nc1ccc(N2CCCCC2)cc1. The number of nitrogens with one attached hydrogen (secondary N) is 1. The van der Waals surface area contributed by atoms with E-state index in [1.54, 1.807) is 27.7 Å². The molecule has 1 aromatic carbocycles. The molecule has 3 heterocycles. The molecule has 214 valence electrons. The van der Waals surface area contributed by atoms with Gasteiger partial charge in [0.1, 0.15) is 0 Å². The fourth-order valence-electron chi connectivity index (χ4n) is 5.23. The first-order valence-electron chi connectivity index (χ1n) is 14.1. The van der Waals surface area contributed by atoms with Gasteiger partial charge >= 0.3 is 6.03 Å². The Hall–Kier alpha value is -3.18. The number of carbonyl (C=O) groups excluding carboxylic acids is 2. The predicted octanol–water partition coefficient (Wildman–Crippen LogP) is 2.96. The van der Waals surface area contributed by atoms with E-state index in [1.165, 1.54) is 24.9 Å². The van der Waals surface area contributed by atoms with Crippen LogP contribution >= 0.6 is 0 Å². The largest absolute Gasteiger partial charge is 0.394 e. The van der Waals surface area contributed by atoms with E-state index in [-0.39, 0.29) is 36.6 Å². The number of aliphatic hydroxyl groups is 1. The average molecular weight is 542 g/mol. The van der Waals surface area contributed by atoms with Gasteiger partial charge in [0.15, 0.2) is 0 Å². The smallest absolute Gasteiger partial charge is 0.321 e. The molecular weight excluding hydrogens is 498 g/mol. The van der Waals surface area contributed by atoms with Crippen LogP contribution in [0.3, 0.4) is 0 Å². The molecule has 3 amide bonds. The Kier molecular flexibility index (Phi) is 10.2. The molecule has 0 unspecified atom stereocenters. The van der Waals surface area contributed by atoms with Gasteiger partial charge < -0.3 is 29.9 Å². The number of fused-ring (bicyclic) bond motifs is 1. The van der Waals surface area contributed by atoms with E-state index in [0.717, 1.165) is 24.5 Å². The Labute approximate surface area is 231 Å². The third-order valence-corrected chi connectivity index (χ3v) is 7.78. The Morgan fingerprint density at radius 1 is 1.18 bits per heavy atom. The highest BCUT2D eigenvalue weighted by atomic mass is 16.5. The van der Waals surface area contributed by atoms with E-state index in [0.29, 0.717) is 39.1 Å². The number of urea groups is 1. The highest BCUT2D eigenvalue weighted by Gasteiger charge is 2.29. The van der Waals surface area contributed by atoms with Gasteiger partial charge in [-0.1, -0.05) is 12.1 Å². The number of nitrogens with zero attached hydrogens (tertiary/aromatic N) is 6. The van der Waals surface area contributed by atoms with Crippen LogP contribution in [0.1, 0.15) is 51.6 Å². The van der Waals surface area contributed by atoms with Crippen molar-refractivity contribution in [1.82, 2.24) is 24.8 Å². The molecule has 11 heteroatoms. The van der Waals surface area contributed by atoms with E-state index < -0.39 is 0 Å². The van der Waals surface area contributed by atoms with Gasteiger partial charge in [-0.05, 0) is 56.9 Å². The standard InChI is InChI=1S/C28H43N7O4/c1-21-17-34(22(2)19-36)27(37)8-7-15-35-25(16-29-31-35)20-39-26(21)18-32(3)28(38)30-23-9-11-24(12-10-23)33-13-5-4-6-14-33/h9-12,16,21-22,26,36H,4-8,13-15,17-20H2,1-3H3,(H,30,38)/t21-,22+,26-/m1/s1. The van der Waals surface area contributed by atoms with E-state index >= 15 is 0 Å². The van der Waals surface area contributed by atoms with Crippen LogP contribution in [0.4, 0.5) is 16.2 Å². The second-order valence-corrected chi connectivity index (χ2v) is 10.9. The van der Waals surface area contributed by atoms with Crippen molar-refractivity contribution < 1.29 is 19.4 Å². The first-order chi connectivity index (χ1) is 18.9. The normalized spacial score (nSPS) is 21.9. The predicted molar refractivity (Wildman–Crippen MR) is 149 cm³/mol. The number of carbonyl (C=O) groups is 2. The average Bonchev–Trinajstić information content (AvgIpc) is 3.40. The number of piperidine rings is 1. The van der Waals surface area contributed by atoms with Crippen LogP contribution in [0.15, 0.2) is 30.5 Å².